The maximum Gasteiger partial charge on any atom is 0.310 e. The first-order valence-electron chi connectivity index (χ1n) is 9.35. The Hall–Kier alpha value is -1.98. The van der Waals surface area contributed by atoms with Crippen LogP contribution in [0.1, 0.15) is 25.3 Å². The molecule has 0 radical (unpaired) electrons. The lowest BCUT2D eigenvalue weighted by molar-refractivity contribution is -0.158. The Kier molecular flexibility index (Phi) is 3.43. The van der Waals surface area contributed by atoms with E-state index in [1.54, 1.807) is 7.11 Å². The van der Waals surface area contributed by atoms with Crippen LogP contribution in [0.3, 0.4) is 0 Å². The number of esters is 1. The zero-order chi connectivity index (χ0) is 18.1. The summed E-state index contributed by atoms with van der Waals surface area (Å²) in [6, 6.07) is 8.51. The number of fused-ring (bicyclic) bond motifs is 2. The predicted molar refractivity (Wildman–Crippen MR) is 98.5 cm³/mol. The molecule has 0 amide bonds. The van der Waals surface area contributed by atoms with Crippen molar-refractivity contribution in [1.82, 2.24) is 4.90 Å². The van der Waals surface area contributed by atoms with Crippen LogP contribution in [-0.4, -0.2) is 49.6 Å². The van der Waals surface area contributed by atoms with Crippen molar-refractivity contribution in [2.45, 2.75) is 37.5 Å². The van der Waals surface area contributed by atoms with Crippen LogP contribution in [-0.2, 0) is 19.7 Å². The molecule has 26 heavy (non-hydrogen) atoms. The van der Waals surface area contributed by atoms with Crippen LogP contribution in [0.4, 0.5) is 5.69 Å². The van der Waals surface area contributed by atoms with E-state index in [4.69, 9.17) is 14.5 Å². The van der Waals surface area contributed by atoms with Crippen molar-refractivity contribution in [3.05, 3.63) is 41.5 Å². The average Bonchev–Trinajstić information content (AvgIpc) is 3.02. The Morgan fingerprint density at radius 1 is 1.35 bits per heavy atom. The van der Waals surface area contributed by atoms with Crippen LogP contribution in [0, 0.1) is 11.8 Å². The van der Waals surface area contributed by atoms with Gasteiger partial charge in [-0.05, 0) is 30.9 Å². The Morgan fingerprint density at radius 3 is 2.88 bits per heavy atom. The molecule has 0 spiro atoms. The fourth-order valence-electron chi connectivity index (χ4n) is 6.00. The van der Waals surface area contributed by atoms with Gasteiger partial charge in [0.2, 0.25) is 0 Å². The van der Waals surface area contributed by atoms with Gasteiger partial charge >= 0.3 is 5.97 Å². The number of allylic oxidation sites excluding steroid dienone is 1. The fourth-order valence-corrected chi connectivity index (χ4v) is 6.00. The molecule has 3 fully saturated rings. The first-order valence-corrected chi connectivity index (χ1v) is 9.35. The van der Waals surface area contributed by atoms with Crippen molar-refractivity contribution in [3.63, 3.8) is 0 Å². The zero-order valence-electron chi connectivity index (χ0n) is 15.4. The molecule has 3 bridgehead atoms. The molecule has 5 nitrogen and oxygen atoms in total. The third kappa shape index (κ3) is 1.78. The number of ether oxygens (including phenoxy) is 2. The number of methoxy groups -OCH3 is 2. The molecule has 1 aliphatic carbocycles. The Bertz CT molecular complexity index is 845. The number of carbonyl (C=O) groups is 1. The van der Waals surface area contributed by atoms with E-state index in [9.17, 15) is 4.79 Å². The second-order valence-electron chi connectivity index (χ2n) is 7.77. The third-order valence-corrected chi connectivity index (χ3v) is 7.01. The SMILES string of the molecule is C/C=C1\CN2[C@@H](OC)C[C@]34C(=Nc5ccccc53)[C@@H]2C[C@@H]1[C@H]4C(=O)OC. The molecule has 3 heterocycles. The zero-order valence-corrected chi connectivity index (χ0v) is 15.4. The van der Waals surface area contributed by atoms with Crippen molar-refractivity contribution in [2.75, 3.05) is 20.8 Å². The standard InChI is InChI=1S/C21H24N2O3/c1-4-12-11-23-16-9-13(12)18(20(24)26-3)21(10-17(23)25-2)14-7-5-6-8-15(14)22-19(16)21/h4-8,13,16-18H,9-11H2,1-3H3/b12-4+/t13-,16-,17-,18-,21-/m0/s1. The molecule has 136 valence electrons. The van der Waals surface area contributed by atoms with Gasteiger partial charge in [0, 0.05) is 25.8 Å². The Balaban J connectivity index is 1.80. The van der Waals surface area contributed by atoms with Crippen LogP contribution in [0.2, 0.25) is 0 Å². The molecule has 4 aliphatic rings. The number of para-hydroxylation sites is 1. The smallest absolute Gasteiger partial charge is 0.310 e. The van der Waals surface area contributed by atoms with Crippen LogP contribution < -0.4 is 0 Å². The monoisotopic (exact) mass is 352 g/mol. The number of hydrogen-bond acceptors (Lipinski definition) is 5. The van der Waals surface area contributed by atoms with Gasteiger partial charge in [-0.1, -0.05) is 29.8 Å². The number of aliphatic imine (C=N–C) groups is 1. The summed E-state index contributed by atoms with van der Waals surface area (Å²) in [7, 11) is 3.28. The third-order valence-electron chi connectivity index (χ3n) is 7.01. The molecule has 1 aromatic carbocycles. The maximum atomic E-state index is 13.1. The molecule has 2 saturated heterocycles. The summed E-state index contributed by atoms with van der Waals surface area (Å²) in [4.78, 5) is 20.6. The summed E-state index contributed by atoms with van der Waals surface area (Å²) >= 11 is 0. The quantitative estimate of drug-likeness (QED) is 0.607. The normalized spacial score (nSPS) is 38.7. The highest BCUT2D eigenvalue weighted by molar-refractivity contribution is 6.09. The number of rotatable bonds is 2. The minimum atomic E-state index is -0.414. The number of benzene rings is 1. The van der Waals surface area contributed by atoms with Gasteiger partial charge in [0.1, 0.15) is 6.23 Å². The molecular weight excluding hydrogens is 328 g/mol. The lowest BCUT2D eigenvalue weighted by Crippen LogP contribution is -2.71. The fraction of sp³-hybridized carbons (Fsp3) is 0.524. The van der Waals surface area contributed by atoms with Crippen molar-refractivity contribution < 1.29 is 14.3 Å². The van der Waals surface area contributed by atoms with E-state index in [1.807, 2.05) is 6.07 Å². The molecule has 1 saturated carbocycles. The highest BCUT2D eigenvalue weighted by Crippen LogP contribution is 2.61. The van der Waals surface area contributed by atoms with E-state index < -0.39 is 5.41 Å². The summed E-state index contributed by atoms with van der Waals surface area (Å²) < 4.78 is 11.3. The minimum Gasteiger partial charge on any atom is -0.469 e. The second-order valence-corrected chi connectivity index (χ2v) is 7.77. The summed E-state index contributed by atoms with van der Waals surface area (Å²) in [5, 5.41) is 0. The summed E-state index contributed by atoms with van der Waals surface area (Å²) in [6.45, 7) is 2.91. The van der Waals surface area contributed by atoms with E-state index in [2.05, 4.69) is 36.1 Å². The molecule has 3 aliphatic heterocycles. The van der Waals surface area contributed by atoms with Gasteiger partial charge in [0.05, 0.1) is 30.2 Å². The Morgan fingerprint density at radius 2 is 2.15 bits per heavy atom. The highest BCUT2D eigenvalue weighted by atomic mass is 16.5. The second kappa shape index (κ2) is 5.51. The molecule has 0 unspecified atom stereocenters. The first-order chi connectivity index (χ1) is 12.7. The number of hydrogen-bond donors (Lipinski definition) is 0. The minimum absolute atomic E-state index is 0.0199. The number of piperidine rings is 2. The van der Waals surface area contributed by atoms with E-state index in [-0.39, 0.29) is 30.1 Å². The molecule has 0 N–H and O–H groups in total. The van der Waals surface area contributed by atoms with Crippen LogP contribution >= 0.6 is 0 Å². The van der Waals surface area contributed by atoms with E-state index in [0.29, 0.717) is 0 Å². The lowest BCUT2D eigenvalue weighted by atomic mass is 9.50. The van der Waals surface area contributed by atoms with Gasteiger partial charge in [-0.2, -0.15) is 0 Å². The van der Waals surface area contributed by atoms with E-state index in [1.165, 1.54) is 18.2 Å². The van der Waals surface area contributed by atoms with Crippen molar-refractivity contribution >= 4 is 17.4 Å². The Labute approximate surface area is 153 Å². The summed E-state index contributed by atoms with van der Waals surface area (Å²) in [5.74, 6) is -0.156. The van der Waals surface area contributed by atoms with Crippen LogP contribution in [0.15, 0.2) is 40.9 Å². The predicted octanol–water partition coefficient (Wildman–Crippen LogP) is 2.83. The first kappa shape index (κ1) is 16.2. The van der Waals surface area contributed by atoms with E-state index in [0.717, 1.165) is 30.8 Å². The van der Waals surface area contributed by atoms with Crippen LogP contribution in [0.25, 0.3) is 0 Å². The maximum absolute atomic E-state index is 13.1. The number of nitrogens with zero attached hydrogens (tertiary/aromatic N) is 2. The summed E-state index contributed by atoms with van der Waals surface area (Å²) in [6.07, 6.45) is 3.82. The molecule has 5 rings (SSSR count). The van der Waals surface area contributed by atoms with Crippen LogP contribution in [0.5, 0.6) is 0 Å². The van der Waals surface area contributed by atoms with Gasteiger partial charge in [-0.25, -0.2) is 0 Å². The highest BCUT2D eigenvalue weighted by Gasteiger charge is 2.67. The van der Waals surface area contributed by atoms with Gasteiger partial charge in [0.25, 0.3) is 0 Å². The average molecular weight is 352 g/mol. The molecule has 5 heteroatoms. The van der Waals surface area contributed by atoms with Crippen molar-refractivity contribution in [1.29, 1.82) is 0 Å². The van der Waals surface area contributed by atoms with Gasteiger partial charge in [0.15, 0.2) is 0 Å². The largest absolute Gasteiger partial charge is 0.469 e. The van der Waals surface area contributed by atoms with Gasteiger partial charge in [-0.3, -0.25) is 14.7 Å². The number of carbonyl (C=O) groups excluding carboxylic acids is 1. The molecule has 0 aromatic heterocycles. The summed E-state index contributed by atoms with van der Waals surface area (Å²) in [5.41, 5.74) is 4.22. The topological polar surface area (TPSA) is 51.1 Å². The van der Waals surface area contributed by atoms with Gasteiger partial charge in [-0.15, -0.1) is 0 Å². The van der Waals surface area contributed by atoms with E-state index >= 15 is 0 Å². The lowest BCUT2D eigenvalue weighted by Gasteiger charge is -2.61. The molecule has 1 aromatic rings. The van der Waals surface area contributed by atoms with Crippen molar-refractivity contribution in [2.24, 2.45) is 16.8 Å². The molecular formula is C21H24N2O3. The van der Waals surface area contributed by atoms with Crippen molar-refractivity contribution in [3.8, 4) is 0 Å². The molecule has 5 atom stereocenters. The van der Waals surface area contributed by atoms with Gasteiger partial charge < -0.3 is 9.47 Å².